The molecular weight excluding hydrogens is 192 g/mol. The zero-order chi connectivity index (χ0) is 11.1. The molecule has 4 nitrogen and oxygen atoms in total. The first kappa shape index (κ1) is 11.7. The van der Waals surface area contributed by atoms with Crippen molar-refractivity contribution in [2.24, 2.45) is 5.73 Å². The molecular formula is C11H16N2O2. The molecule has 0 aliphatic carbocycles. The van der Waals surface area contributed by atoms with E-state index < -0.39 is 0 Å². The Morgan fingerprint density at radius 2 is 2.33 bits per heavy atom. The van der Waals surface area contributed by atoms with Gasteiger partial charge in [0.2, 0.25) is 0 Å². The van der Waals surface area contributed by atoms with Gasteiger partial charge in [-0.05, 0) is 17.7 Å². The van der Waals surface area contributed by atoms with Gasteiger partial charge < -0.3 is 15.8 Å². The van der Waals surface area contributed by atoms with E-state index in [1.807, 2.05) is 12.1 Å². The number of carbonyl (C=O) groups excluding carboxylic acids is 1. The predicted molar refractivity (Wildman–Crippen MR) is 58.5 cm³/mol. The molecule has 0 saturated carbocycles. The third kappa shape index (κ3) is 3.69. The average Bonchev–Trinajstić information content (AvgIpc) is 2.29. The Morgan fingerprint density at radius 3 is 3.00 bits per heavy atom. The van der Waals surface area contributed by atoms with Crippen LogP contribution < -0.4 is 11.1 Å². The van der Waals surface area contributed by atoms with Gasteiger partial charge in [0.15, 0.2) is 0 Å². The van der Waals surface area contributed by atoms with Crippen LogP contribution in [0.4, 0.5) is 0 Å². The molecule has 1 aromatic carbocycles. The monoisotopic (exact) mass is 208 g/mol. The van der Waals surface area contributed by atoms with Gasteiger partial charge >= 0.3 is 0 Å². The Hall–Kier alpha value is -1.39. The minimum atomic E-state index is -0.0950. The van der Waals surface area contributed by atoms with Crippen molar-refractivity contribution >= 4 is 5.91 Å². The zero-order valence-corrected chi connectivity index (χ0v) is 8.82. The number of methoxy groups -OCH3 is 1. The van der Waals surface area contributed by atoms with Crippen molar-refractivity contribution in [3.63, 3.8) is 0 Å². The Balaban J connectivity index is 2.57. The number of ether oxygens (including phenoxy) is 1. The quantitative estimate of drug-likeness (QED) is 0.693. The molecule has 0 aliphatic heterocycles. The predicted octanol–water partition coefficient (Wildman–Crippen LogP) is 0.521. The van der Waals surface area contributed by atoms with Crippen LogP contribution in [0, 0.1) is 0 Å². The summed E-state index contributed by atoms with van der Waals surface area (Å²) in [6.07, 6.45) is 0. The van der Waals surface area contributed by atoms with E-state index >= 15 is 0 Å². The fourth-order valence-corrected chi connectivity index (χ4v) is 1.21. The second-order valence-electron chi connectivity index (χ2n) is 3.15. The summed E-state index contributed by atoms with van der Waals surface area (Å²) in [4.78, 5) is 11.6. The van der Waals surface area contributed by atoms with Gasteiger partial charge in [-0.15, -0.1) is 0 Å². The molecule has 3 N–H and O–H groups in total. The number of hydrogen-bond donors (Lipinski definition) is 2. The number of nitrogens with two attached hydrogens (primary N) is 1. The number of benzene rings is 1. The van der Waals surface area contributed by atoms with Crippen LogP contribution in [0.2, 0.25) is 0 Å². The molecule has 4 heteroatoms. The lowest BCUT2D eigenvalue weighted by Crippen LogP contribution is -2.27. The zero-order valence-electron chi connectivity index (χ0n) is 8.82. The van der Waals surface area contributed by atoms with Crippen molar-refractivity contribution in [3.8, 4) is 0 Å². The SMILES string of the molecule is COCCNC(=O)c1cccc(CN)c1. The fourth-order valence-electron chi connectivity index (χ4n) is 1.21. The maximum atomic E-state index is 11.6. The number of carbonyl (C=O) groups is 1. The van der Waals surface area contributed by atoms with Crippen LogP contribution in [0.1, 0.15) is 15.9 Å². The minimum Gasteiger partial charge on any atom is -0.383 e. The molecule has 0 bridgehead atoms. The van der Waals surface area contributed by atoms with E-state index in [0.717, 1.165) is 5.56 Å². The van der Waals surface area contributed by atoms with Gasteiger partial charge in [-0.2, -0.15) is 0 Å². The highest BCUT2D eigenvalue weighted by Gasteiger charge is 2.04. The molecule has 0 aliphatic rings. The van der Waals surface area contributed by atoms with Crippen molar-refractivity contribution in [2.75, 3.05) is 20.3 Å². The molecule has 0 fully saturated rings. The average molecular weight is 208 g/mol. The second kappa shape index (κ2) is 6.16. The van der Waals surface area contributed by atoms with Crippen molar-refractivity contribution < 1.29 is 9.53 Å². The van der Waals surface area contributed by atoms with Crippen molar-refractivity contribution in [1.29, 1.82) is 0 Å². The Morgan fingerprint density at radius 1 is 1.53 bits per heavy atom. The largest absolute Gasteiger partial charge is 0.383 e. The topological polar surface area (TPSA) is 64.3 Å². The molecule has 0 spiro atoms. The summed E-state index contributed by atoms with van der Waals surface area (Å²) in [5.74, 6) is -0.0950. The summed E-state index contributed by atoms with van der Waals surface area (Å²) in [6.45, 7) is 1.48. The van der Waals surface area contributed by atoms with Crippen LogP contribution >= 0.6 is 0 Å². The lowest BCUT2D eigenvalue weighted by molar-refractivity contribution is 0.0937. The molecule has 0 atom stereocenters. The number of nitrogens with one attached hydrogen (secondary N) is 1. The number of amides is 1. The second-order valence-corrected chi connectivity index (χ2v) is 3.15. The van der Waals surface area contributed by atoms with E-state index in [1.165, 1.54) is 0 Å². The van der Waals surface area contributed by atoms with Crippen LogP contribution in [0.25, 0.3) is 0 Å². The number of rotatable bonds is 5. The van der Waals surface area contributed by atoms with Gasteiger partial charge in [-0.25, -0.2) is 0 Å². The summed E-state index contributed by atoms with van der Waals surface area (Å²) < 4.78 is 4.84. The van der Waals surface area contributed by atoms with Crippen molar-refractivity contribution in [1.82, 2.24) is 5.32 Å². The fraction of sp³-hybridized carbons (Fsp3) is 0.364. The van der Waals surface area contributed by atoms with Crippen LogP contribution in [-0.2, 0) is 11.3 Å². The van der Waals surface area contributed by atoms with Crippen molar-refractivity contribution in [2.45, 2.75) is 6.54 Å². The van der Waals surface area contributed by atoms with E-state index in [4.69, 9.17) is 10.5 Å². The molecule has 82 valence electrons. The van der Waals surface area contributed by atoms with Crippen LogP contribution in [0.5, 0.6) is 0 Å². The normalized spacial score (nSPS) is 10.0. The van der Waals surface area contributed by atoms with Gasteiger partial charge in [0, 0.05) is 25.8 Å². The Bertz CT molecular complexity index is 326. The molecule has 0 unspecified atom stereocenters. The van der Waals surface area contributed by atoms with E-state index in [-0.39, 0.29) is 5.91 Å². The standard InChI is InChI=1S/C11H16N2O2/c1-15-6-5-13-11(14)10-4-2-3-9(7-10)8-12/h2-4,7H,5-6,8,12H2,1H3,(H,13,14). The molecule has 1 rings (SSSR count). The first-order chi connectivity index (χ1) is 7.27. The third-order valence-electron chi connectivity index (χ3n) is 2.02. The smallest absolute Gasteiger partial charge is 0.251 e. The van der Waals surface area contributed by atoms with Crippen molar-refractivity contribution in [3.05, 3.63) is 35.4 Å². The van der Waals surface area contributed by atoms with E-state index in [1.54, 1.807) is 19.2 Å². The Labute approximate surface area is 89.4 Å². The maximum Gasteiger partial charge on any atom is 0.251 e. The van der Waals surface area contributed by atoms with E-state index in [2.05, 4.69) is 5.32 Å². The van der Waals surface area contributed by atoms with E-state index in [9.17, 15) is 4.79 Å². The molecule has 0 saturated heterocycles. The summed E-state index contributed by atoms with van der Waals surface area (Å²) in [5, 5.41) is 2.75. The minimum absolute atomic E-state index is 0.0950. The van der Waals surface area contributed by atoms with Gasteiger partial charge in [0.25, 0.3) is 5.91 Å². The maximum absolute atomic E-state index is 11.6. The number of hydrogen-bond acceptors (Lipinski definition) is 3. The molecule has 0 aromatic heterocycles. The van der Waals surface area contributed by atoms with Crippen LogP contribution in [0.15, 0.2) is 24.3 Å². The summed E-state index contributed by atoms with van der Waals surface area (Å²) in [6, 6.07) is 7.28. The Kier molecular flexibility index (Phi) is 4.80. The lowest BCUT2D eigenvalue weighted by Gasteiger charge is -2.05. The first-order valence-corrected chi connectivity index (χ1v) is 4.84. The highest BCUT2D eigenvalue weighted by Crippen LogP contribution is 2.04. The molecule has 0 heterocycles. The summed E-state index contributed by atoms with van der Waals surface area (Å²) >= 11 is 0. The van der Waals surface area contributed by atoms with Gasteiger partial charge in [-0.3, -0.25) is 4.79 Å². The molecule has 15 heavy (non-hydrogen) atoms. The molecule has 1 amide bonds. The van der Waals surface area contributed by atoms with Gasteiger partial charge in [0.1, 0.15) is 0 Å². The molecule has 1 aromatic rings. The molecule has 0 radical (unpaired) electrons. The van der Waals surface area contributed by atoms with Crippen LogP contribution in [-0.4, -0.2) is 26.2 Å². The van der Waals surface area contributed by atoms with Gasteiger partial charge in [-0.1, -0.05) is 12.1 Å². The van der Waals surface area contributed by atoms with Gasteiger partial charge in [0.05, 0.1) is 6.61 Å². The van der Waals surface area contributed by atoms with E-state index in [0.29, 0.717) is 25.3 Å². The summed E-state index contributed by atoms with van der Waals surface area (Å²) in [7, 11) is 1.60. The van der Waals surface area contributed by atoms with Crippen LogP contribution in [0.3, 0.4) is 0 Å². The first-order valence-electron chi connectivity index (χ1n) is 4.84. The lowest BCUT2D eigenvalue weighted by atomic mass is 10.1. The highest BCUT2D eigenvalue weighted by molar-refractivity contribution is 5.94. The highest BCUT2D eigenvalue weighted by atomic mass is 16.5. The summed E-state index contributed by atoms with van der Waals surface area (Å²) in [5.41, 5.74) is 7.08. The third-order valence-corrected chi connectivity index (χ3v) is 2.02.